The maximum Gasteiger partial charge on any atom is 0.341 e. The Balaban J connectivity index is 0.000000280. The lowest BCUT2D eigenvalue weighted by Gasteiger charge is -2.03. The Bertz CT molecular complexity index is 852. The SMILES string of the molecule is O=C(O)c1c(F)c(F)c(F)c(F)c1F.O=C(O)c1c(F)c(F)c(F)c(F)c1F. The van der Waals surface area contributed by atoms with Crippen LogP contribution in [0, 0.1) is 58.2 Å². The first-order valence-electron chi connectivity index (χ1n) is 6.25. The van der Waals surface area contributed by atoms with Gasteiger partial charge in [-0.05, 0) is 0 Å². The maximum atomic E-state index is 12.6. The number of aromatic carboxylic acids is 2. The lowest BCUT2D eigenvalue weighted by atomic mass is 10.1. The van der Waals surface area contributed by atoms with Crippen LogP contribution in [0.25, 0.3) is 0 Å². The van der Waals surface area contributed by atoms with E-state index in [0.717, 1.165) is 0 Å². The molecule has 2 aromatic carbocycles. The zero-order valence-corrected chi connectivity index (χ0v) is 12.5. The third kappa shape index (κ3) is 3.84. The fourth-order valence-electron chi connectivity index (χ4n) is 1.59. The Labute approximate surface area is 146 Å². The van der Waals surface area contributed by atoms with E-state index in [0.29, 0.717) is 0 Å². The molecule has 2 N–H and O–H groups in total. The van der Waals surface area contributed by atoms with E-state index in [1.165, 1.54) is 0 Å². The van der Waals surface area contributed by atoms with Gasteiger partial charge in [0, 0.05) is 0 Å². The molecule has 0 heterocycles. The predicted octanol–water partition coefficient (Wildman–Crippen LogP) is 4.16. The van der Waals surface area contributed by atoms with E-state index in [4.69, 9.17) is 10.2 Å². The highest BCUT2D eigenvalue weighted by molar-refractivity contribution is 5.88. The summed E-state index contributed by atoms with van der Waals surface area (Å²) in [6, 6.07) is 0. The van der Waals surface area contributed by atoms with E-state index in [-0.39, 0.29) is 0 Å². The molecule has 0 atom stereocenters. The standard InChI is InChI=1S/2C7HF5O2/c2*8-2-1(7(13)14)3(9)5(11)6(12)4(2)10/h2*(H,13,14). The van der Waals surface area contributed by atoms with Crippen LogP contribution in [-0.2, 0) is 0 Å². The average molecular weight is 424 g/mol. The number of carboxylic acid groups (broad SMARTS) is 2. The second-order valence-electron chi connectivity index (χ2n) is 4.50. The van der Waals surface area contributed by atoms with Crippen LogP contribution in [0.2, 0.25) is 0 Å². The summed E-state index contributed by atoms with van der Waals surface area (Å²) in [5.41, 5.74) is -3.72. The second kappa shape index (κ2) is 8.14. The van der Waals surface area contributed by atoms with E-state index in [1.807, 2.05) is 0 Å². The lowest BCUT2D eigenvalue weighted by Crippen LogP contribution is -2.11. The molecule has 0 radical (unpaired) electrons. The molecule has 0 saturated heterocycles. The molecule has 0 aliphatic carbocycles. The summed E-state index contributed by atoms with van der Waals surface area (Å²) in [7, 11) is 0. The van der Waals surface area contributed by atoms with Gasteiger partial charge < -0.3 is 10.2 Å². The number of carboxylic acids is 2. The Morgan fingerprint density at radius 3 is 0.679 bits per heavy atom. The topological polar surface area (TPSA) is 74.6 Å². The molecule has 28 heavy (non-hydrogen) atoms. The number of benzene rings is 2. The fourth-order valence-corrected chi connectivity index (χ4v) is 1.59. The molecule has 2 rings (SSSR count). The molecule has 0 aliphatic heterocycles. The maximum absolute atomic E-state index is 12.6. The number of hydrogen-bond donors (Lipinski definition) is 2. The van der Waals surface area contributed by atoms with Gasteiger partial charge in [-0.1, -0.05) is 0 Å². The van der Waals surface area contributed by atoms with Crippen molar-refractivity contribution >= 4 is 11.9 Å². The van der Waals surface area contributed by atoms with Crippen LogP contribution in [0.15, 0.2) is 0 Å². The second-order valence-corrected chi connectivity index (χ2v) is 4.50. The summed E-state index contributed by atoms with van der Waals surface area (Å²) < 4.78 is 124. The van der Waals surface area contributed by atoms with Crippen LogP contribution in [0.5, 0.6) is 0 Å². The molecule has 0 aromatic heterocycles. The molecule has 152 valence electrons. The van der Waals surface area contributed by atoms with Crippen molar-refractivity contribution < 1.29 is 63.7 Å². The molecule has 0 bridgehead atoms. The Morgan fingerprint density at radius 1 is 0.393 bits per heavy atom. The molecule has 0 saturated carbocycles. The van der Waals surface area contributed by atoms with Crippen molar-refractivity contribution in [2.75, 3.05) is 0 Å². The Kier molecular flexibility index (Phi) is 6.61. The largest absolute Gasteiger partial charge is 0.477 e. The van der Waals surface area contributed by atoms with Gasteiger partial charge in [-0.25, -0.2) is 53.5 Å². The fraction of sp³-hybridized carbons (Fsp3) is 0. The molecular weight excluding hydrogens is 422 g/mol. The minimum absolute atomic E-state index is 1.86. The van der Waals surface area contributed by atoms with Gasteiger partial charge in [-0.15, -0.1) is 0 Å². The first-order chi connectivity index (χ1) is 12.7. The molecular formula is C14H2F10O4. The normalized spacial score (nSPS) is 10.4. The van der Waals surface area contributed by atoms with E-state index in [9.17, 15) is 53.5 Å². The minimum atomic E-state index is -2.38. The summed E-state index contributed by atoms with van der Waals surface area (Å²) >= 11 is 0. The van der Waals surface area contributed by atoms with Gasteiger partial charge >= 0.3 is 11.9 Å². The molecule has 0 unspecified atom stereocenters. The highest BCUT2D eigenvalue weighted by atomic mass is 19.2. The number of hydrogen-bond acceptors (Lipinski definition) is 2. The van der Waals surface area contributed by atoms with Crippen molar-refractivity contribution in [1.82, 2.24) is 0 Å². The first-order valence-corrected chi connectivity index (χ1v) is 6.25. The molecule has 14 heteroatoms. The van der Waals surface area contributed by atoms with Crippen molar-refractivity contribution in [2.24, 2.45) is 0 Å². The highest BCUT2D eigenvalue weighted by Gasteiger charge is 2.30. The number of halogens is 10. The molecule has 0 aliphatic rings. The summed E-state index contributed by atoms with van der Waals surface area (Å²) in [6.07, 6.45) is 0. The van der Waals surface area contributed by atoms with Gasteiger partial charge in [-0.2, -0.15) is 0 Å². The van der Waals surface area contributed by atoms with Crippen LogP contribution in [0.1, 0.15) is 20.7 Å². The van der Waals surface area contributed by atoms with E-state index in [1.54, 1.807) is 0 Å². The number of rotatable bonds is 2. The molecule has 4 nitrogen and oxygen atoms in total. The molecule has 2 aromatic rings. The van der Waals surface area contributed by atoms with Crippen molar-refractivity contribution in [3.8, 4) is 0 Å². The van der Waals surface area contributed by atoms with Gasteiger partial charge in [0.25, 0.3) is 0 Å². The smallest absolute Gasteiger partial charge is 0.341 e. The van der Waals surface area contributed by atoms with Crippen LogP contribution in [0.4, 0.5) is 43.9 Å². The predicted molar refractivity (Wildman–Crippen MR) is 66.4 cm³/mol. The van der Waals surface area contributed by atoms with Crippen LogP contribution in [0.3, 0.4) is 0 Å². The van der Waals surface area contributed by atoms with Gasteiger partial charge in [0.1, 0.15) is 11.1 Å². The van der Waals surface area contributed by atoms with Crippen LogP contribution in [-0.4, -0.2) is 22.2 Å². The van der Waals surface area contributed by atoms with Crippen molar-refractivity contribution in [1.29, 1.82) is 0 Å². The minimum Gasteiger partial charge on any atom is -0.477 e. The van der Waals surface area contributed by atoms with Crippen LogP contribution < -0.4 is 0 Å². The van der Waals surface area contributed by atoms with Gasteiger partial charge in [0.2, 0.25) is 11.6 Å². The van der Waals surface area contributed by atoms with Gasteiger partial charge in [-0.3, -0.25) is 0 Å². The van der Waals surface area contributed by atoms with Crippen molar-refractivity contribution in [2.45, 2.75) is 0 Å². The molecule has 0 spiro atoms. The van der Waals surface area contributed by atoms with Crippen molar-refractivity contribution in [3.63, 3.8) is 0 Å². The number of carbonyl (C=O) groups is 2. The van der Waals surface area contributed by atoms with Crippen molar-refractivity contribution in [3.05, 3.63) is 69.3 Å². The van der Waals surface area contributed by atoms with Crippen LogP contribution >= 0.6 is 0 Å². The van der Waals surface area contributed by atoms with E-state index >= 15 is 0 Å². The zero-order chi connectivity index (χ0) is 22.1. The summed E-state index contributed by atoms with van der Waals surface area (Å²) in [6.45, 7) is 0. The Hall–Kier alpha value is -3.32. The first kappa shape index (κ1) is 22.7. The quantitative estimate of drug-likeness (QED) is 0.432. The monoisotopic (exact) mass is 424 g/mol. The Morgan fingerprint density at radius 2 is 0.536 bits per heavy atom. The molecule has 0 fully saturated rings. The third-order valence-corrected chi connectivity index (χ3v) is 2.85. The summed E-state index contributed by atoms with van der Waals surface area (Å²) in [4.78, 5) is 20.2. The summed E-state index contributed by atoms with van der Waals surface area (Å²) in [5, 5.41) is 16.3. The zero-order valence-electron chi connectivity index (χ0n) is 12.5. The van der Waals surface area contributed by atoms with E-state index in [2.05, 4.69) is 0 Å². The van der Waals surface area contributed by atoms with Gasteiger partial charge in [0.15, 0.2) is 46.5 Å². The molecule has 0 amide bonds. The average Bonchev–Trinajstić information content (AvgIpc) is 2.61. The van der Waals surface area contributed by atoms with Gasteiger partial charge in [0.05, 0.1) is 0 Å². The third-order valence-electron chi connectivity index (χ3n) is 2.85. The van der Waals surface area contributed by atoms with E-state index < -0.39 is 81.2 Å². The summed E-state index contributed by atoms with van der Waals surface area (Å²) in [5.74, 6) is -27.7. The lowest BCUT2D eigenvalue weighted by molar-refractivity contribution is 0.0671. The highest BCUT2D eigenvalue weighted by Crippen LogP contribution is 2.23.